The Balaban J connectivity index is 1.81. The van der Waals surface area contributed by atoms with Crippen molar-refractivity contribution in [2.45, 2.75) is 46.1 Å². The van der Waals surface area contributed by atoms with Gasteiger partial charge in [0.2, 0.25) is 11.8 Å². The molecule has 2 aromatic rings. The zero-order valence-electron chi connectivity index (χ0n) is 15.3. The SMILES string of the molecule is Cc1ccc(CNC(=O)CC(=O)Nc2ccc(C(C)(C)C)cc2)cc1. The predicted octanol–water partition coefficient (Wildman–Crippen LogP) is 3.94. The molecular weight excluding hydrogens is 312 g/mol. The molecule has 0 aliphatic rings. The molecule has 0 heterocycles. The van der Waals surface area contributed by atoms with Crippen LogP contribution in [0.25, 0.3) is 0 Å². The smallest absolute Gasteiger partial charge is 0.233 e. The standard InChI is InChI=1S/C21H26N2O2/c1-15-5-7-16(8-6-15)14-22-19(24)13-20(25)23-18-11-9-17(10-12-18)21(2,3)4/h5-12H,13-14H2,1-4H3,(H,22,24)(H,23,25). The molecule has 0 bridgehead atoms. The van der Waals surface area contributed by atoms with Crippen molar-refractivity contribution < 1.29 is 9.59 Å². The molecule has 0 fully saturated rings. The molecule has 25 heavy (non-hydrogen) atoms. The van der Waals surface area contributed by atoms with Crippen LogP contribution in [0.3, 0.4) is 0 Å². The van der Waals surface area contributed by atoms with Crippen molar-refractivity contribution >= 4 is 17.5 Å². The number of hydrogen-bond donors (Lipinski definition) is 2. The summed E-state index contributed by atoms with van der Waals surface area (Å²) in [5.74, 6) is -0.602. The van der Waals surface area contributed by atoms with Gasteiger partial charge in [-0.05, 0) is 35.6 Å². The van der Waals surface area contributed by atoms with Crippen molar-refractivity contribution in [1.29, 1.82) is 0 Å². The molecule has 4 heteroatoms. The van der Waals surface area contributed by atoms with E-state index in [1.54, 1.807) is 0 Å². The van der Waals surface area contributed by atoms with Crippen LogP contribution in [0, 0.1) is 6.92 Å². The highest BCUT2D eigenvalue weighted by Gasteiger charge is 2.14. The minimum absolute atomic E-state index is 0.0679. The molecule has 0 aliphatic carbocycles. The monoisotopic (exact) mass is 338 g/mol. The van der Waals surface area contributed by atoms with Gasteiger partial charge < -0.3 is 10.6 Å². The Morgan fingerprint density at radius 1 is 0.880 bits per heavy atom. The summed E-state index contributed by atoms with van der Waals surface area (Å²) in [4.78, 5) is 23.9. The van der Waals surface area contributed by atoms with Crippen LogP contribution in [0.4, 0.5) is 5.69 Å². The van der Waals surface area contributed by atoms with Crippen molar-refractivity contribution in [3.05, 3.63) is 65.2 Å². The topological polar surface area (TPSA) is 58.2 Å². The Bertz CT molecular complexity index is 726. The van der Waals surface area contributed by atoms with E-state index >= 15 is 0 Å². The molecule has 0 aromatic heterocycles. The molecular formula is C21H26N2O2. The first-order chi connectivity index (χ1) is 11.7. The van der Waals surface area contributed by atoms with Crippen LogP contribution in [0.2, 0.25) is 0 Å². The first kappa shape index (κ1) is 18.7. The van der Waals surface area contributed by atoms with Gasteiger partial charge in [0.15, 0.2) is 0 Å². The van der Waals surface area contributed by atoms with Gasteiger partial charge in [0.1, 0.15) is 6.42 Å². The summed E-state index contributed by atoms with van der Waals surface area (Å²) in [6.45, 7) is 8.85. The van der Waals surface area contributed by atoms with Crippen molar-refractivity contribution in [3.8, 4) is 0 Å². The fourth-order valence-electron chi connectivity index (χ4n) is 2.37. The maximum absolute atomic E-state index is 12.0. The van der Waals surface area contributed by atoms with Crippen LogP contribution in [0.5, 0.6) is 0 Å². The van der Waals surface area contributed by atoms with Crippen molar-refractivity contribution in [2.24, 2.45) is 0 Å². The van der Waals surface area contributed by atoms with Gasteiger partial charge >= 0.3 is 0 Å². The van der Waals surface area contributed by atoms with Gasteiger partial charge in [-0.15, -0.1) is 0 Å². The summed E-state index contributed by atoms with van der Waals surface area (Å²) in [7, 11) is 0. The van der Waals surface area contributed by atoms with Crippen molar-refractivity contribution in [1.82, 2.24) is 5.32 Å². The van der Waals surface area contributed by atoms with E-state index in [2.05, 4.69) is 31.4 Å². The van der Waals surface area contributed by atoms with Crippen LogP contribution in [-0.2, 0) is 21.5 Å². The van der Waals surface area contributed by atoms with Gasteiger partial charge in [-0.2, -0.15) is 0 Å². The summed E-state index contributed by atoms with van der Waals surface area (Å²) >= 11 is 0. The van der Waals surface area contributed by atoms with Crippen LogP contribution in [0.1, 0.15) is 43.9 Å². The maximum atomic E-state index is 12.0. The predicted molar refractivity (Wildman–Crippen MR) is 101 cm³/mol. The van der Waals surface area contributed by atoms with Crippen molar-refractivity contribution in [2.75, 3.05) is 5.32 Å². The van der Waals surface area contributed by atoms with Gasteiger partial charge in [-0.1, -0.05) is 62.7 Å². The highest BCUT2D eigenvalue weighted by Crippen LogP contribution is 2.23. The fraction of sp³-hybridized carbons (Fsp3) is 0.333. The molecule has 0 spiro atoms. The van der Waals surface area contributed by atoms with E-state index in [4.69, 9.17) is 0 Å². The number of nitrogens with one attached hydrogen (secondary N) is 2. The minimum Gasteiger partial charge on any atom is -0.352 e. The average Bonchev–Trinajstić information content (AvgIpc) is 2.54. The third-order valence-corrected chi connectivity index (χ3v) is 3.97. The second-order valence-corrected chi connectivity index (χ2v) is 7.31. The average molecular weight is 338 g/mol. The number of rotatable bonds is 5. The van der Waals surface area contributed by atoms with Crippen LogP contribution < -0.4 is 10.6 Å². The van der Waals surface area contributed by atoms with E-state index in [-0.39, 0.29) is 23.7 Å². The quantitative estimate of drug-likeness (QED) is 0.811. The van der Waals surface area contributed by atoms with E-state index in [1.807, 2.05) is 55.5 Å². The van der Waals surface area contributed by atoms with E-state index in [0.717, 1.165) is 5.56 Å². The molecule has 2 aromatic carbocycles. The Morgan fingerprint density at radius 2 is 1.48 bits per heavy atom. The Labute approximate surface area is 149 Å². The zero-order chi connectivity index (χ0) is 18.4. The molecule has 0 aliphatic heterocycles. The molecule has 0 radical (unpaired) electrons. The van der Waals surface area contributed by atoms with E-state index < -0.39 is 0 Å². The second kappa shape index (κ2) is 7.97. The number of carbonyl (C=O) groups excluding carboxylic acids is 2. The number of carbonyl (C=O) groups is 2. The number of amides is 2. The van der Waals surface area contributed by atoms with E-state index in [0.29, 0.717) is 12.2 Å². The van der Waals surface area contributed by atoms with Gasteiger partial charge in [0, 0.05) is 12.2 Å². The molecule has 2 amide bonds. The largest absolute Gasteiger partial charge is 0.352 e. The highest BCUT2D eigenvalue weighted by atomic mass is 16.2. The number of hydrogen-bond acceptors (Lipinski definition) is 2. The Hall–Kier alpha value is -2.62. The van der Waals surface area contributed by atoms with Crippen LogP contribution in [0.15, 0.2) is 48.5 Å². The van der Waals surface area contributed by atoms with Crippen LogP contribution in [-0.4, -0.2) is 11.8 Å². The van der Waals surface area contributed by atoms with Gasteiger partial charge in [-0.25, -0.2) is 0 Å². The molecule has 4 nitrogen and oxygen atoms in total. The van der Waals surface area contributed by atoms with E-state index in [9.17, 15) is 9.59 Å². The summed E-state index contributed by atoms with van der Waals surface area (Å²) in [5, 5.41) is 5.52. The normalized spacial score (nSPS) is 11.0. The fourth-order valence-corrected chi connectivity index (χ4v) is 2.37. The molecule has 2 N–H and O–H groups in total. The maximum Gasteiger partial charge on any atom is 0.233 e. The summed E-state index contributed by atoms with van der Waals surface area (Å²) in [6, 6.07) is 15.6. The minimum atomic E-state index is -0.315. The third-order valence-electron chi connectivity index (χ3n) is 3.97. The third kappa shape index (κ3) is 6.07. The summed E-state index contributed by atoms with van der Waals surface area (Å²) < 4.78 is 0. The molecule has 132 valence electrons. The first-order valence-corrected chi connectivity index (χ1v) is 8.47. The Morgan fingerprint density at radius 3 is 2.04 bits per heavy atom. The summed E-state index contributed by atoms with van der Waals surface area (Å²) in [6.07, 6.45) is -0.188. The van der Waals surface area contributed by atoms with Gasteiger partial charge in [0.05, 0.1) is 0 Å². The van der Waals surface area contributed by atoms with Crippen LogP contribution >= 0.6 is 0 Å². The number of benzene rings is 2. The van der Waals surface area contributed by atoms with Gasteiger partial charge in [-0.3, -0.25) is 9.59 Å². The lowest BCUT2D eigenvalue weighted by Crippen LogP contribution is -2.27. The Kier molecular flexibility index (Phi) is 5.97. The first-order valence-electron chi connectivity index (χ1n) is 8.47. The second-order valence-electron chi connectivity index (χ2n) is 7.31. The lowest BCUT2D eigenvalue weighted by molar-refractivity contribution is -0.126. The lowest BCUT2D eigenvalue weighted by Gasteiger charge is -2.19. The number of anilines is 1. The van der Waals surface area contributed by atoms with Gasteiger partial charge in [0.25, 0.3) is 0 Å². The number of aryl methyl sites for hydroxylation is 1. The highest BCUT2D eigenvalue weighted by molar-refractivity contribution is 6.03. The molecule has 0 atom stereocenters. The molecule has 0 saturated carbocycles. The van der Waals surface area contributed by atoms with E-state index in [1.165, 1.54) is 11.1 Å². The molecule has 0 unspecified atom stereocenters. The summed E-state index contributed by atoms with van der Waals surface area (Å²) in [5.41, 5.74) is 4.15. The molecule has 0 saturated heterocycles. The lowest BCUT2D eigenvalue weighted by atomic mass is 9.87. The zero-order valence-corrected chi connectivity index (χ0v) is 15.3. The molecule has 2 rings (SSSR count). The van der Waals surface area contributed by atoms with Crippen molar-refractivity contribution in [3.63, 3.8) is 0 Å².